The van der Waals surface area contributed by atoms with Gasteiger partial charge in [-0.1, -0.05) is 36.7 Å². The second-order valence-corrected chi connectivity index (χ2v) is 5.04. The van der Waals surface area contributed by atoms with Crippen molar-refractivity contribution in [2.45, 2.75) is 33.6 Å². The summed E-state index contributed by atoms with van der Waals surface area (Å²) in [5, 5.41) is 1.14. The number of hydrogen-bond donors (Lipinski definition) is 0. The van der Waals surface area contributed by atoms with Crippen LogP contribution in [-0.2, 0) is 0 Å². The van der Waals surface area contributed by atoms with Gasteiger partial charge in [-0.25, -0.2) is 0 Å². The van der Waals surface area contributed by atoms with Crippen LogP contribution in [0.4, 0.5) is 0 Å². The third-order valence-electron chi connectivity index (χ3n) is 2.45. The predicted molar refractivity (Wildman–Crippen MR) is 49.5 cm³/mol. The smallest absolute Gasteiger partial charge is 0.00827 e. The summed E-state index contributed by atoms with van der Waals surface area (Å²) in [4.78, 5) is 0. The highest BCUT2D eigenvalue weighted by atomic mass is 79.9. The molecule has 0 nitrogen and oxygen atoms in total. The Kier molecular flexibility index (Phi) is 2.44. The van der Waals surface area contributed by atoms with E-state index in [-0.39, 0.29) is 0 Å². The van der Waals surface area contributed by atoms with Crippen LogP contribution < -0.4 is 0 Å². The summed E-state index contributed by atoms with van der Waals surface area (Å²) >= 11 is 3.55. The maximum Gasteiger partial charge on any atom is 0.00827 e. The first-order valence-corrected chi connectivity index (χ1v) is 5.23. The Balaban J connectivity index is 2.24. The third-order valence-corrected chi connectivity index (χ3v) is 3.97. The molecular weight excluding hydrogens is 188 g/mol. The zero-order valence-electron chi connectivity index (χ0n) is 7.15. The Hall–Kier alpha value is 0.480. The van der Waals surface area contributed by atoms with Crippen LogP contribution in [0, 0.1) is 17.3 Å². The van der Waals surface area contributed by atoms with Gasteiger partial charge in [-0.3, -0.25) is 0 Å². The maximum atomic E-state index is 3.55. The van der Waals surface area contributed by atoms with Gasteiger partial charge in [0.25, 0.3) is 0 Å². The van der Waals surface area contributed by atoms with Gasteiger partial charge in [-0.15, -0.1) is 0 Å². The minimum absolute atomic E-state index is 0.523. The molecule has 0 aromatic heterocycles. The Morgan fingerprint density at radius 2 is 2.00 bits per heavy atom. The quantitative estimate of drug-likeness (QED) is 0.619. The second kappa shape index (κ2) is 2.84. The van der Waals surface area contributed by atoms with Crippen molar-refractivity contribution in [1.82, 2.24) is 0 Å². The lowest BCUT2D eigenvalue weighted by molar-refractivity contribution is 0.357. The van der Waals surface area contributed by atoms with Gasteiger partial charge >= 0.3 is 0 Å². The molecule has 10 heavy (non-hydrogen) atoms. The Bertz CT molecular complexity index is 118. The zero-order chi connectivity index (χ0) is 7.78. The van der Waals surface area contributed by atoms with Gasteiger partial charge in [-0.05, 0) is 30.1 Å². The van der Waals surface area contributed by atoms with E-state index in [4.69, 9.17) is 0 Å². The van der Waals surface area contributed by atoms with E-state index < -0.39 is 0 Å². The van der Waals surface area contributed by atoms with Crippen LogP contribution >= 0.6 is 15.9 Å². The van der Waals surface area contributed by atoms with Crippen LogP contribution in [0.1, 0.15) is 33.6 Å². The molecule has 1 fully saturated rings. The average molecular weight is 205 g/mol. The largest absolute Gasteiger partial charge is 0.0922 e. The molecule has 1 saturated carbocycles. The number of rotatable bonds is 3. The molecule has 1 rings (SSSR count). The summed E-state index contributed by atoms with van der Waals surface area (Å²) < 4.78 is 0. The van der Waals surface area contributed by atoms with Crippen LogP contribution in [0.5, 0.6) is 0 Å². The monoisotopic (exact) mass is 204 g/mol. The van der Waals surface area contributed by atoms with Gasteiger partial charge in [0.2, 0.25) is 0 Å². The van der Waals surface area contributed by atoms with Gasteiger partial charge < -0.3 is 0 Å². The minimum Gasteiger partial charge on any atom is -0.0922 e. The van der Waals surface area contributed by atoms with E-state index >= 15 is 0 Å². The highest BCUT2D eigenvalue weighted by molar-refractivity contribution is 9.09. The normalized spacial score (nSPS) is 32.4. The van der Waals surface area contributed by atoms with Crippen LogP contribution in [-0.4, -0.2) is 5.33 Å². The van der Waals surface area contributed by atoms with Crippen molar-refractivity contribution in [3.63, 3.8) is 0 Å². The number of halogens is 1. The molecule has 2 atom stereocenters. The lowest BCUT2D eigenvalue weighted by Crippen LogP contribution is -2.13. The van der Waals surface area contributed by atoms with E-state index in [2.05, 4.69) is 36.7 Å². The highest BCUT2D eigenvalue weighted by Crippen LogP contribution is 2.46. The van der Waals surface area contributed by atoms with Gasteiger partial charge in [0.1, 0.15) is 0 Å². The Morgan fingerprint density at radius 3 is 2.30 bits per heavy atom. The molecule has 1 aliphatic rings. The standard InChI is InChI=1S/C9H17Br/c1-7-4-8(7)5-9(2,3)6-10/h7-8H,4-6H2,1-3H3. The molecule has 0 aromatic rings. The first-order chi connectivity index (χ1) is 4.55. The summed E-state index contributed by atoms with van der Waals surface area (Å²) in [6, 6.07) is 0. The fourth-order valence-electron chi connectivity index (χ4n) is 1.45. The summed E-state index contributed by atoms with van der Waals surface area (Å²) in [6.07, 6.45) is 2.87. The topological polar surface area (TPSA) is 0 Å². The zero-order valence-corrected chi connectivity index (χ0v) is 8.74. The highest BCUT2D eigenvalue weighted by Gasteiger charge is 2.36. The van der Waals surface area contributed by atoms with Crippen LogP contribution in [0.3, 0.4) is 0 Å². The Morgan fingerprint density at radius 1 is 1.50 bits per heavy atom. The van der Waals surface area contributed by atoms with Gasteiger partial charge in [-0.2, -0.15) is 0 Å². The first kappa shape index (κ1) is 8.58. The van der Waals surface area contributed by atoms with Crippen molar-refractivity contribution in [2.24, 2.45) is 17.3 Å². The van der Waals surface area contributed by atoms with Crippen molar-refractivity contribution in [3.8, 4) is 0 Å². The van der Waals surface area contributed by atoms with Crippen molar-refractivity contribution in [3.05, 3.63) is 0 Å². The number of hydrogen-bond acceptors (Lipinski definition) is 0. The van der Waals surface area contributed by atoms with Crippen LogP contribution in [0.25, 0.3) is 0 Å². The lowest BCUT2D eigenvalue weighted by atomic mass is 9.89. The minimum atomic E-state index is 0.523. The van der Waals surface area contributed by atoms with Crippen molar-refractivity contribution in [1.29, 1.82) is 0 Å². The average Bonchev–Trinajstić information content (AvgIpc) is 2.46. The van der Waals surface area contributed by atoms with Crippen molar-refractivity contribution < 1.29 is 0 Å². The molecule has 0 aliphatic heterocycles. The molecule has 0 radical (unpaired) electrons. The van der Waals surface area contributed by atoms with Crippen molar-refractivity contribution in [2.75, 3.05) is 5.33 Å². The van der Waals surface area contributed by atoms with Crippen LogP contribution in [0.15, 0.2) is 0 Å². The van der Waals surface area contributed by atoms with E-state index in [0.717, 1.165) is 17.2 Å². The van der Waals surface area contributed by atoms with Gasteiger partial charge in [0, 0.05) is 5.33 Å². The fourth-order valence-corrected chi connectivity index (χ4v) is 1.68. The molecule has 0 saturated heterocycles. The molecular formula is C9H17Br. The molecule has 0 bridgehead atoms. The third kappa shape index (κ3) is 2.26. The maximum absolute atomic E-state index is 3.55. The van der Waals surface area contributed by atoms with Crippen molar-refractivity contribution >= 4 is 15.9 Å². The van der Waals surface area contributed by atoms with E-state index in [1.165, 1.54) is 12.8 Å². The fraction of sp³-hybridized carbons (Fsp3) is 1.00. The van der Waals surface area contributed by atoms with E-state index in [0.29, 0.717) is 5.41 Å². The summed E-state index contributed by atoms with van der Waals surface area (Å²) in [7, 11) is 0. The molecule has 1 heteroatoms. The summed E-state index contributed by atoms with van der Waals surface area (Å²) in [5.74, 6) is 2.05. The molecule has 2 unspecified atom stereocenters. The lowest BCUT2D eigenvalue weighted by Gasteiger charge is -2.20. The first-order valence-electron chi connectivity index (χ1n) is 4.11. The van der Waals surface area contributed by atoms with Gasteiger partial charge in [0.15, 0.2) is 0 Å². The molecule has 0 amide bonds. The SMILES string of the molecule is CC1CC1CC(C)(C)CBr. The van der Waals surface area contributed by atoms with E-state index in [9.17, 15) is 0 Å². The molecule has 1 aliphatic carbocycles. The second-order valence-electron chi connectivity index (χ2n) is 4.48. The van der Waals surface area contributed by atoms with E-state index in [1.54, 1.807) is 0 Å². The molecule has 0 aromatic carbocycles. The molecule has 60 valence electrons. The molecule has 0 heterocycles. The summed E-state index contributed by atoms with van der Waals surface area (Å²) in [6.45, 7) is 7.04. The van der Waals surface area contributed by atoms with E-state index in [1.807, 2.05) is 0 Å². The predicted octanol–water partition coefficient (Wildman–Crippen LogP) is 3.45. The molecule has 0 N–H and O–H groups in total. The number of alkyl halides is 1. The molecule has 0 spiro atoms. The van der Waals surface area contributed by atoms with Crippen LogP contribution in [0.2, 0.25) is 0 Å². The Labute approximate surface area is 72.5 Å². The van der Waals surface area contributed by atoms with Gasteiger partial charge in [0.05, 0.1) is 0 Å². The summed E-state index contributed by atoms with van der Waals surface area (Å²) in [5.41, 5.74) is 0.523.